The second kappa shape index (κ2) is 4.97. The number of fused-ring (bicyclic) bond motifs is 1. The highest BCUT2D eigenvalue weighted by Crippen LogP contribution is 2.26. The van der Waals surface area contributed by atoms with E-state index < -0.39 is 29.2 Å². The number of hydrogen-bond donors (Lipinski definition) is 2. The smallest absolute Gasteiger partial charge is 0.264 e. The van der Waals surface area contributed by atoms with Crippen LogP contribution in [-0.2, 0) is 9.59 Å². The molecule has 1 fully saturated rings. The number of amides is 2. The van der Waals surface area contributed by atoms with Crippen molar-refractivity contribution in [2.75, 3.05) is 5.73 Å². The van der Waals surface area contributed by atoms with Crippen molar-refractivity contribution in [3.05, 3.63) is 34.4 Å². The number of anilines is 1. The van der Waals surface area contributed by atoms with Crippen molar-refractivity contribution in [3.63, 3.8) is 0 Å². The number of imide groups is 1. The van der Waals surface area contributed by atoms with Crippen LogP contribution in [-0.4, -0.2) is 29.2 Å². The number of piperidine rings is 1. The summed E-state index contributed by atoms with van der Waals surface area (Å²) in [6.07, 6.45) is 0.0470. The van der Waals surface area contributed by atoms with Gasteiger partial charge >= 0.3 is 0 Å². The normalized spacial score (nSPS) is 21.9. The zero-order chi connectivity index (χ0) is 16.0. The zero-order valence-electron chi connectivity index (χ0n) is 11.9. The maximum Gasteiger partial charge on any atom is 0.264 e. The molecule has 110 valence electrons. The van der Waals surface area contributed by atoms with Gasteiger partial charge in [0.15, 0.2) is 0 Å². The Kier molecular flexibility index (Phi) is 3.24. The molecule has 2 atom stereocenters. The Labute approximate surface area is 126 Å². The zero-order valence-corrected chi connectivity index (χ0v) is 11.9. The number of nitrogen functional groups attached to an aromatic ring is 1. The second-order valence-electron chi connectivity index (χ2n) is 5.29. The van der Waals surface area contributed by atoms with E-state index in [9.17, 15) is 14.4 Å². The van der Waals surface area contributed by atoms with Crippen molar-refractivity contribution >= 4 is 36.3 Å². The van der Waals surface area contributed by atoms with Crippen LogP contribution in [0.4, 0.5) is 5.69 Å². The van der Waals surface area contributed by atoms with Gasteiger partial charge in [-0.25, -0.2) is 4.98 Å². The van der Waals surface area contributed by atoms with E-state index in [0.29, 0.717) is 17.0 Å². The molecular weight excluding hydrogens is 283 g/mol. The molecule has 7 nitrogen and oxygen atoms in total. The predicted octanol–water partition coefficient (Wildman–Crippen LogP) is -0.168. The van der Waals surface area contributed by atoms with Crippen molar-refractivity contribution in [1.29, 1.82) is 0 Å². The quantitative estimate of drug-likeness (QED) is 0.431. The van der Waals surface area contributed by atoms with Crippen LogP contribution in [0.3, 0.4) is 0 Å². The lowest BCUT2D eigenvalue weighted by atomic mass is 9.78. The van der Waals surface area contributed by atoms with E-state index in [2.05, 4.69) is 10.3 Å². The van der Waals surface area contributed by atoms with Gasteiger partial charge in [0.2, 0.25) is 11.8 Å². The van der Waals surface area contributed by atoms with Gasteiger partial charge in [0.05, 0.1) is 18.7 Å². The molecule has 0 bridgehead atoms. The molecule has 1 aliphatic rings. The summed E-state index contributed by atoms with van der Waals surface area (Å²) in [7, 11) is 5.69. The second-order valence-corrected chi connectivity index (χ2v) is 5.29. The fraction of sp³-hybridized carbons (Fsp3) is 0.286. The van der Waals surface area contributed by atoms with Crippen LogP contribution in [0.15, 0.2) is 23.0 Å². The average molecular weight is 296 g/mol. The average Bonchev–Trinajstić information content (AvgIpc) is 2.44. The summed E-state index contributed by atoms with van der Waals surface area (Å²) >= 11 is 0. The fourth-order valence-electron chi connectivity index (χ4n) is 2.72. The first-order chi connectivity index (χ1) is 10.4. The third-order valence-electron chi connectivity index (χ3n) is 3.81. The fourth-order valence-corrected chi connectivity index (χ4v) is 2.72. The van der Waals surface area contributed by atoms with E-state index in [0.717, 1.165) is 0 Å². The number of hydrogen-bond acceptors (Lipinski definition) is 5. The molecule has 2 amide bonds. The number of nitrogens with one attached hydrogen (secondary N) is 1. The number of carbonyl (C=O) groups excluding carboxylic acids is 2. The number of aryl methyl sites for hydroxylation is 1. The molecule has 3 N–H and O–H groups in total. The van der Waals surface area contributed by atoms with Crippen molar-refractivity contribution in [2.24, 2.45) is 0 Å². The first-order valence-electron chi connectivity index (χ1n) is 6.77. The Balaban J connectivity index is 2.23. The van der Waals surface area contributed by atoms with Crippen LogP contribution in [0.5, 0.6) is 0 Å². The van der Waals surface area contributed by atoms with Crippen LogP contribution in [0.1, 0.15) is 18.3 Å². The highest BCUT2D eigenvalue weighted by atomic mass is 16.2. The third kappa shape index (κ3) is 2.07. The van der Waals surface area contributed by atoms with E-state index in [4.69, 9.17) is 13.6 Å². The molecule has 2 aromatic rings. The van der Waals surface area contributed by atoms with Crippen LogP contribution >= 0.6 is 0 Å². The minimum absolute atomic E-state index is 0.0470. The molecule has 2 unspecified atom stereocenters. The van der Waals surface area contributed by atoms with Gasteiger partial charge in [0.1, 0.15) is 11.9 Å². The van der Waals surface area contributed by atoms with Crippen LogP contribution in [0, 0.1) is 6.92 Å². The van der Waals surface area contributed by atoms with Crippen LogP contribution in [0.2, 0.25) is 5.82 Å². The minimum atomic E-state index is -0.878. The summed E-state index contributed by atoms with van der Waals surface area (Å²) in [5.74, 6) is -1.59. The van der Waals surface area contributed by atoms with Gasteiger partial charge in [-0.1, -0.05) is 6.07 Å². The Morgan fingerprint density at radius 3 is 2.77 bits per heavy atom. The SMILES string of the molecule is [B]C1CC(n2c(C)nc3cccc(N)c3c2=O)C(=O)NC1=O. The Morgan fingerprint density at radius 1 is 1.32 bits per heavy atom. The molecule has 1 aromatic heterocycles. The molecule has 1 aliphatic heterocycles. The van der Waals surface area contributed by atoms with Gasteiger partial charge in [-0.15, -0.1) is 0 Å². The largest absolute Gasteiger partial charge is 0.398 e. The number of nitrogens with zero attached hydrogens (tertiary/aromatic N) is 2. The molecule has 1 aromatic carbocycles. The Morgan fingerprint density at radius 2 is 2.05 bits per heavy atom. The maximum absolute atomic E-state index is 12.7. The number of carbonyl (C=O) groups is 2. The minimum Gasteiger partial charge on any atom is -0.398 e. The predicted molar refractivity (Wildman–Crippen MR) is 81.5 cm³/mol. The van der Waals surface area contributed by atoms with E-state index in [-0.39, 0.29) is 11.8 Å². The summed E-state index contributed by atoms with van der Waals surface area (Å²) in [6.45, 7) is 1.62. The molecule has 0 spiro atoms. The van der Waals surface area contributed by atoms with E-state index >= 15 is 0 Å². The Hall–Kier alpha value is -2.64. The molecule has 1 saturated heterocycles. The van der Waals surface area contributed by atoms with E-state index in [1.54, 1.807) is 25.1 Å². The molecule has 8 heteroatoms. The highest BCUT2D eigenvalue weighted by Gasteiger charge is 2.34. The lowest BCUT2D eigenvalue weighted by Gasteiger charge is -2.28. The van der Waals surface area contributed by atoms with Gasteiger partial charge in [-0.3, -0.25) is 24.3 Å². The molecule has 0 saturated carbocycles. The number of rotatable bonds is 1. The van der Waals surface area contributed by atoms with Gasteiger partial charge in [-0.05, 0) is 25.5 Å². The first kappa shape index (κ1) is 14.3. The first-order valence-corrected chi connectivity index (χ1v) is 6.77. The highest BCUT2D eigenvalue weighted by molar-refractivity contribution is 6.26. The van der Waals surface area contributed by atoms with Gasteiger partial charge in [0.25, 0.3) is 5.56 Å². The number of aromatic nitrogens is 2. The number of benzene rings is 1. The van der Waals surface area contributed by atoms with Crippen LogP contribution in [0.25, 0.3) is 10.9 Å². The topological polar surface area (TPSA) is 107 Å². The van der Waals surface area contributed by atoms with Gasteiger partial charge in [0, 0.05) is 11.5 Å². The van der Waals surface area contributed by atoms with Crippen molar-refractivity contribution in [3.8, 4) is 0 Å². The monoisotopic (exact) mass is 296 g/mol. The Bertz CT molecular complexity index is 861. The van der Waals surface area contributed by atoms with E-state index in [1.807, 2.05) is 0 Å². The molecule has 0 aliphatic carbocycles. The molecule has 2 radical (unpaired) electrons. The third-order valence-corrected chi connectivity index (χ3v) is 3.81. The van der Waals surface area contributed by atoms with Crippen molar-refractivity contribution < 1.29 is 9.59 Å². The standard InChI is InChI=1S/C14H13BN4O3/c1-6-17-9-4-2-3-8(16)11(9)14(22)19(6)10-5-7(15)12(20)18-13(10)21/h2-4,7,10H,5,16H2,1H3,(H,18,20,21). The summed E-state index contributed by atoms with van der Waals surface area (Å²) in [5, 5.41) is 2.43. The summed E-state index contributed by atoms with van der Waals surface area (Å²) in [4.78, 5) is 40.6. The molecule has 3 rings (SSSR count). The van der Waals surface area contributed by atoms with Crippen molar-refractivity contribution in [2.45, 2.75) is 25.2 Å². The van der Waals surface area contributed by atoms with Crippen LogP contribution < -0.4 is 16.6 Å². The van der Waals surface area contributed by atoms with Gasteiger partial charge < -0.3 is 5.73 Å². The molecular formula is C14H13BN4O3. The maximum atomic E-state index is 12.7. The lowest BCUT2D eigenvalue weighted by Crippen LogP contribution is -2.47. The summed E-state index contributed by atoms with van der Waals surface area (Å²) in [6, 6.07) is 4.11. The molecule has 22 heavy (non-hydrogen) atoms. The van der Waals surface area contributed by atoms with E-state index in [1.165, 1.54) is 4.57 Å². The number of nitrogens with two attached hydrogens (primary N) is 1. The lowest BCUT2D eigenvalue weighted by molar-refractivity contribution is -0.135. The van der Waals surface area contributed by atoms with Gasteiger partial charge in [-0.2, -0.15) is 0 Å². The summed E-state index contributed by atoms with van der Waals surface area (Å²) in [5.41, 5.74) is 6.20. The molecule has 2 heterocycles. The summed E-state index contributed by atoms with van der Waals surface area (Å²) < 4.78 is 1.25. The van der Waals surface area contributed by atoms with Crippen molar-refractivity contribution in [1.82, 2.24) is 14.9 Å².